The third-order valence-corrected chi connectivity index (χ3v) is 4.34. The molecule has 0 fully saturated rings. The maximum absolute atomic E-state index is 13.4. The summed E-state index contributed by atoms with van der Waals surface area (Å²) in [5.74, 6) is -2.71. The molecule has 0 atom stereocenters. The molecule has 2 aromatic carbocycles. The van der Waals surface area contributed by atoms with Crippen molar-refractivity contribution in [2.24, 2.45) is 0 Å². The van der Waals surface area contributed by atoms with Crippen LogP contribution in [0, 0.1) is 17.5 Å². The molecule has 0 bridgehead atoms. The van der Waals surface area contributed by atoms with Crippen LogP contribution in [0.15, 0.2) is 35.2 Å². The maximum Gasteiger partial charge on any atom is 0.263 e. The molecule has 0 saturated carbocycles. The Morgan fingerprint density at radius 3 is 2.38 bits per heavy atom. The summed E-state index contributed by atoms with van der Waals surface area (Å²) < 4.78 is 65.6. The summed E-state index contributed by atoms with van der Waals surface area (Å²) in [5, 5.41) is -0.439. The Kier molecular flexibility index (Phi) is 4.02. The van der Waals surface area contributed by atoms with Crippen LogP contribution in [0.1, 0.15) is 0 Å². The molecule has 0 unspecified atom stereocenters. The molecule has 0 aliphatic rings. The minimum atomic E-state index is -4.36. The van der Waals surface area contributed by atoms with Crippen molar-refractivity contribution in [1.29, 1.82) is 0 Å². The van der Waals surface area contributed by atoms with Crippen molar-refractivity contribution in [3.05, 3.63) is 52.8 Å². The third kappa shape index (κ3) is 3.22. The maximum atomic E-state index is 13.4. The summed E-state index contributed by atoms with van der Waals surface area (Å²) in [5.41, 5.74) is 4.23. The van der Waals surface area contributed by atoms with Crippen LogP contribution in [-0.4, -0.2) is 8.42 Å². The lowest BCUT2D eigenvalue weighted by molar-refractivity contribution is 0.594. The topological polar surface area (TPSA) is 72.2 Å². The normalized spacial score (nSPS) is 11.4. The summed E-state index contributed by atoms with van der Waals surface area (Å²) in [6.07, 6.45) is 0. The molecule has 3 N–H and O–H groups in total. The summed E-state index contributed by atoms with van der Waals surface area (Å²) in [4.78, 5) is -0.549. The van der Waals surface area contributed by atoms with Gasteiger partial charge in [-0.25, -0.2) is 21.6 Å². The van der Waals surface area contributed by atoms with E-state index >= 15 is 0 Å². The van der Waals surface area contributed by atoms with Gasteiger partial charge in [0.25, 0.3) is 10.0 Å². The number of anilines is 2. The quantitative estimate of drug-likeness (QED) is 0.846. The van der Waals surface area contributed by atoms with Gasteiger partial charge in [0.1, 0.15) is 22.3 Å². The molecule has 21 heavy (non-hydrogen) atoms. The average molecular weight is 337 g/mol. The van der Waals surface area contributed by atoms with E-state index in [-0.39, 0.29) is 0 Å². The number of halogens is 4. The Hall–Kier alpha value is -1.93. The van der Waals surface area contributed by atoms with E-state index in [0.29, 0.717) is 12.1 Å². The Morgan fingerprint density at radius 1 is 1.05 bits per heavy atom. The smallest absolute Gasteiger partial charge is 0.263 e. The first kappa shape index (κ1) is 15.5. The monoisotopic (exact) mass is 336 g/mol. The number of hydrogen-bond donors (Lipinski definition) is 2. The minimum absolute atomic E-state index is 0.439. The number of sulfonamides is 1. The minimum Gasteiger partial charge on any atom is -0.396 e. The molecular weight excluding hydrogens is 329 g/mol. The molecule has 0 aromatic heterocycles. The molecule has 112 valence electrons. The highest BCUT2D eigenvalue weighted by atomic mass is 35.5. The number of nitrogens with one attached hydrogen (secondary N) is 1. The molecule has 0 saturated heterocycles. The molecule has 0 spiro atoms. The second kappa shape index (κ2) is 5.45. The van der Waals surface area contributed by atoms with Gasteiger partial charge in [0.05, 0.1) is 16.4 Å². The number of hydrogen-bond acceptors (Lipinski definition) is 3. The van der Waals surface area contributed by atoms with E-state index in [1.54, 1.807) is 0 Å². The van der Waals surface area contributed by atoms with Crippen molar-refractivity contribution >= 4 is 33.0 Å². The summed E-state index contributed by atoms with van der Waals surface area (Å²) in [7, 11) is -4.36. The van der Waals surface area contributed by atoms with E-state index in [2.05, 4.69) is 0 Å². The van der Waals surface area contributed by atoms with E-state index in [9.17, 15) is 21.6 Å². The first-order valence-electron chi connectivity index (χ1n) is 5.43. The van der Waals surface area contributed by atoms with Crippen molar-refractivity contribution in [3.63, 3.8) is 0 Å². The average Bonchev–Trinajstić information content (AvgIpc) is 2.37. The second-order valence-corrected chi connectivity index (χ2v) is 6.09. The van der Waals surface area contributed by atoms with Crippen molar-refractivity contribution in [2.45, 2.75) is 4.90 Å². The van der Waals surface area contributed by atoms with E-state index in [1.807, 2.05) is 4.72 Å². The Balaban J connectivity index is 2.48. The van der Waals surface area contributed by atoms with Crippen LogP contribution in [0.25, 0.3) is 0 Å². The summed E-state index contributed by atoms with van der Waals surface area (Å²) in [6.45, 7) is 0. The van der Waals surface area contributed by atoms with Crippen molar-refractivity contribution in [3.8, 4) is 0 Å². The number of nitrogens with two attached hydrogens (primary N) is 1. The number of rotatable bonds is 3. The van der Waals surface area contributed by atoms with Crippen LogP contribution in [0.5, 0.6) is 0 Å². The van der Waals surface area contributed by atoms with Crippen LogP contribution in [0.3, 0.4) is 0 Å². The van der Waals surface area contributed by atoms with Crippen molar-refractivity contribution < 1.29 is 21.6 Å². The molecule has 2 aromatic rings. The highest BCUT2D eigenvalue weighted by Gasteiger charge is 2.21. The van der Waals surface area contributed by atoms with Gasteiger partial charge in [-0.2, -0.15) is 0 Å². The standard InChI is InChI=1S/C12H8ClF3N2O2S/c13-7-4-9(16)10(17)5-12(7)21(19,20)18-11-3-6(14)1-2-8(11)15/h1-5,18H,17H2. The highest BCUT2D eigenvalue weighted by molar-refractivity contribution is 7.92. The van der Waals surface area contributed by atoms with Gasteiger partial charge in [0, 0.05) is 6.07 Å². The zero-order valence-electron chi connectivity index (χ0n) is 10.2. The molecular formula is C12H8ClF3N2O2S. The van der Waals surface area contributed by atoms with Gasteiger partial charge in [-0.3, -0.25) is 4.72 Å². The largest absolute Gasteiger partial charge is 0.396 e. The number of benzene rings is 2. The van der Waals surface area contributed by atoms with E-state index in [4.69, 9.17) is 17.3 Å². The lowest BCUT2D eigenvalue weighted by Crippen LogP contribution is -2.15. The van der Waals surface area contributed by atoms with Gasteiger partial charge >= 0.3 is 0 Å². The Morgan fingerprint density at radius 2 is 1.71 bits per heavy atom. The molecule has 9 heteroatoms. The summed E-state index contributed by atoms with van der Waals surface area (Å²) >= 11 is 5.64. The molecule has 0 amide bonds. The fourth-order valence-corrected chi connectivity index (χ4v) is 3.13. The van der Waals surface area contributed by atoms with Crippen LogP contribution >= 0.6 is 11.6 Å². The molecule has 4 nitrogen and oxygen atoms in total. The summed E-state index contributed by atoms with van der Waals surface area (Å²) in [6, 6.07) is 3.75. The molecule has 2 rings (SSSR count). The Labute approximate surface area is 123 Å². The van der Waals surface area contributed by atoms with Gasteiger partial charge in [-0.1, -0.05) is 11.6 Å². The lowest BCUT2D eigenvalue weighted by Gasteiger charge is -2.11. The molecule has 0 heterocycles. The fraction of sp³-hybridized carbons (Fsp3) is 0. The van der Waals surface area contributed by atoms with E-state index < -0.39 is 48.8 Å². The van der Waals surface area contributed by atoms with E-state index in [1.165, 1.54) is 0 Å². The second-order valence-electron chi connectivity index (χ2n) is 4.03. The van der Waals surface area contributed by atoms with E-state index in [0.717, 1.165) is 18.2 Å². The predicted octanol–water partition coefficient (Wildman–Crippen LogP) is 3.14. The third-order valence-electron chi connectivity index (χ3n) is 2.51. The molecule has 0 aliphatic carbocycles. The van der Waals surface area contributed by atoms with Gasteiger partial charge < -0.3 is 5.73 Å². The molecule has 0 aliphatic heterocycles. The first-order chi connectivity index (χ1) is 9.70. The van der Waals surface area contributed by atoms with Gasteiger partial charge in [-0.15, -0.1) is 0 Å². The first-order valence-corrected chi connectivity index (χ1v) is 7.29. The lowest BCUT2D eigenvalue weighted by atomic mass is 10.3. The van der Waals surface area contributed by atoms with Gasteiger partial charge in [-0.05, 0) is 24.3 Å². The zero-order valence-corrected chi connectivity index (χ0v) is 11.8. The van der Waals surface area contributed by atoms with Gasteiger partial charge in [0.2, 0.25) is 0 Å². The predicted molar refractivity (Wildman–Crippen MR) is 73.0 cm³/mol. The molecule has 0 radical (unpaired) electrons. The van der Waals surface area contributed by atoms with Crippen LogP contribution < -0.4 is 10.5 Å². The highest BCUT2D eigenvalue weighted by Crippen LogP contribution is 2.28. The fourth-order valence-electron chi connectivity index (χ4n) is 1.53. The van der Waals surface area contributed by atoms with Crippen LogP contribution in [-0.2, 0) is 10.0 Å². The van der Waals surface area contributed by atoms with Crippen LogP contribution in [0.4, 0.5) is 24.5 Å². The Bertz CT molecular complexity index is 812. The van der Waals surface area contributed by atoms with Crippen molar-refractivity contribution in [1.82, 2.24) is 0 Å². The number of nitrogen functional groups attached to an aromatic ring is 1. The van der Waals surface area contributed by atoms with Gasteiger partial charge in [0.15, 0.2) is 0 Å². The SMILES string of the molecule is Nc1cc(S(=O)(=O)Nc2cc(F)ccc2F)c(Cl)cc1F. The zero-order chi connectivity index (χ0) is 15.8. The van der Waals surface area contributed by atoms with Crippen molar-refractivity contribution in [2.75, 3.05) is 10.5 Å². The van der Waals surface area contributed by atoms with Crippen LogP contribution in [0.2, 0.25) is 5.02 Å².